The summed E-state index contributed by atoms with van der Waals surface area (Å²) in [6.07, 6.45) is 4.94. The largest absolute Gasteiger partial charge is 0.387 e. The fourth-order valence-corrected chi connectivity index (χ4v) is 5.40. The Kier molecular flexibility index (Phi) is 8.20. The summed E-state index contributed by atoms with van der Waals surface area (Å²) in [5, 5.41) is 29.3. The highest BCUT2D eigenvalue weighted by Crippen LogP contribution is 2.29. The normalized spacial score (nSPS) is 18.9. The topological polar surface area (TPSA) is 162 Å². The molecule has 208 valence electrons. The van der Waals surface area contributed by atoms with Crippen molar-refractivity contribution in [1.29, 1.82) is 5.26 Å². The number of anilines is 1. The lowest BCUT2D eigenvalue weighted by molar-refractivity contribution is -0.00177. The van der Waals surface area contributed by atoms with E-state index in [0.29, 0.717) is 53.8 Å². The number of aliphatic hydroxyl groups is 1. The van der Waals surface area contributed by atoms with Crippen LogP contribution in [0.1, 0.15) is 55.5 Å². The van der Waals surface area contributed by atoms with E-state index in [0.717, 1.165) is 6.26 Å². The van der Waals surface area contributed by atoms with Gasteiger partial charge in [-0.25, -0.2) is 22.0 Å². The molecule has 4 rings (SSSR count). The van der Waals surface area contributed by atoms with Crippen LogP contribution in [0.3, 0.4) is 0 Å². The monoisotopic (exact) mass is 557 g/mol. The van der Waals surface area contributed by atoms with Crippen LogP contribution < -0.4 is 15.4 Å². The number of nitrogens with one attached hydrogen (secondary N) is 3. The number of hydrogen-bond donors (Lipinski definition) is 4. The molecule has 1 atom stereocenters. The van der Waals surface area contributed by atoms with Gasteiger partial charge < -0.3 is 15.7 Å². The van der Waals surface area contributed by atoms with Crippen LogP contribution in [0.5, 0.6) is 0 Å². The number of alkyl halides is 1. The summed E-state index contributed by atoms with van der Waals surface area (Å²) < 4.78 is 41.8. The minimum Gasteiger partial charge on any atom is -0.387 e. The number of pyridine rings is 1. The molecule has 1 aliphatic carbocycles. The number of fused-ring (bicyclic) bond motifs is 1. The van der Waals surface area contributed by atoms with Gasteiger partial charge in [0.2, 0.25) is 10.0 Å². The van der Waals surface area contributed by atoms with Gasteiger partial charge in [0.25, 0.3) is 5.91 Å². The molecule has 0 aliphatic heterocycles. The second-order valence-corrected chi connectivity index (χ2v) is 12.2. The molecule has 0 spiro atoms. The molecule has 1 aliphatic rings. The zero-order valence-electron chi connectivity index (χ0n) is 22.0. The molecule has 0 saturated heterocycles. The number of carbonyl (C=O) groups is 1. The van der Waals surface area contributed by atoms with Crippen LogP contribution in [-0.4, -0.2) is 70.7 Å². The standard InChI is InChI=1S/C26H32FN7O4S/c1-26(2,36)24(27)15-30-25(35)20-14-29-22(23-9-8-19-10-16(12-28)13-31-34(19)23)11-21(20)32-17-4-6-18(7-5-17)33-39(3,37)38/h8-11,13-14,17-18,24,33,36H,4-7,15H2,1-3H3,(H,29,32)(H,30,35)/t17?,18?,24-/m1/s1. The first kappa shape index (κ1) is 28.4. The van der Waals surface area contributed by atoms with Crippen LogP contribution in [0.2, 0.25) is 0 Å². The molecule has 4 N–H and O–H groups in total. The Balaban J connectivity index is 1.61. The highest BCUT2D eigenvalue weighted by atomic mass is 32.2. The molecule has 0 bridgehead atoms. The van der Waals surface area contributed by atoms with Crippen LogP contribution in [0.4, 0.5) is 10.1 Å². The second-order valence-electron chi connectivity index (χ2n) is 10.4. The Bertz CT molecular complexity index is 1500. The Labute approximate surface area is 226 Å². The molecule has 1 fully saturated rings. The quantitative estimate of drug-likeness (QED) is 0.312. The summed E-state index contributed by atoms with van der Waals surface area (Å²) in [5.74, 6) is -0.548. The SMILES string of the molecule is CC(C)(O)[C@H](F)CNC(=O)c1cnc(-c2ccc3cc(C#N)cnn23)cc1NC1CCC(NS(C)(=O)=O)CC1. The van der Waals surface area contributed by atoms with Crippen molar-refractivity contribution in [2.75, 3.05) is 18.1 Å². The molecule has 0 unspecified atom stereocenters. The van der Waals surface area contributed by atoms with Crippen LogP contribution in [0.25, 0.3) is 16.9 Å². The van der Waals surface area contributed by atoms with E-state index in [-0.39, 0.29) is 24.2 Å². The number of nitriles is 1. The summed E-state index contributed by atoms with van der Waals surface area (Å²) in [6.45, 7) is 2.29. The average molecular weight is 558 g/mol. The third-order valence-corrected chi connectivity index (χ3v) is 7.48. The zero-order valence-corrected chi connectivity index (χ0v) is 22.8. The lowest BCUT2D eigenvalue weighted by Gasteiger charge is -2.30. The van der Waals surface area contributed by atoms with Gasteiger partial charge in [-0.15, -0.1) is 0 Å². The van der Waals surface area contributed by atoms with Crippen molar-refractivity contribution in [3.63, 3.8) is 0 Å². The van der Waals surface area contributed by atoms with Crippen LogP contribution in [0, 0.1) is 11.3 Å². The highest BCUT2D eigenvalue weighted by molar-refractivity contribution is 7.88. The van der Waals surface area contributed by atoms with Gasteiger partial charge in [-0.2, -0.15) is 10.4 Å². The minimum atomic E-state index is -3.30. The maximum absolute atomic E-state index is 14.3. The van der Waals surface area contributed by atoms with Crippen LogP contribution in [0.15, 0.2) is 36.7 Å². The minimum absolute atomic E-state index is 0.0323. The molecular weight excluding hydrogens is 525 g/mol. The molecule has 3 aromatic heterocycles. The van der Waals surface area contributed by atoms with Crippen molar-refractivity contribution in [3.05, 3.63) is 47.8 Å². The van der Waals surface area contributed by atoms with Crippen molar-refractivity contribution >= 4 is 27.1 Å². The smallest absolute Gasteiger partial charge is 0.255 e. The highest BCUT2D eigenvalue weighted by Gasteiger charge is 2.28. The van der Waals surface area contributed by atoms with Gasteiger partial charge in [-0.3, -0.25) is 9.78 Å². The molecular formula is C26H32FN7O4S. The molecule has 3 heterocycles. The number of rotatable bonds is 9. The molecule has 39 heavy (non-hydrogen) atoms. The summed E-state index contributed by atoms with van der Waals surface area (Å²) in [4.78, 5) is 17.5. The van der Waals surface area contributed by atoms with E-state index in [2.05, 4.69) is 31.5 Å². The fraction of sp³-hybridized carbons (Fsp3) is 0.462. The molecule has 3 aromatic rings. The number of amides is 1. The molecule has 11 nitrogen and oxygen atoms in total. The van der Waals surface area contributed by atoms with Gasteiger partial charge in [-0.05, 0) is 63.8 Å². The van der Waals surface area contributed by atoms with Crippen molar-refractivity contribution in [3.8, 4) is 17.5 Å². The van der Waals surface area contributed by atoms with E-state index < -0.39 is 27.7 Å². The summed E-state index contributed by atoms with van der Waals surface area (Å²) in [7, 11) is -3.30. The Morgan fingerprint density at radius 1 is 1.23 bits per heavy atom. The molecule has 0 aromatic carbocycles. The number of hydrogen-bond acceptors (Lipinski definition) is 8. The summed E-state index contributed by atoms with van der Waals surface area (Å²) in [6, 6.07) is 8.94. The van der Waals surface area contributed by atoms with Crippen molar-refractivity contribution in [1.82, 2.24) is 24.6 Å². The molecule has 1 amide bonds. The van der Waals surface area contributed by atoms with Crippen molar-refractivity contribution in [2.24, 2.45) is 0 Å². The third kappa shape index (κ3) is 7.08. The van der Waals surface area contributed by atoms with Gasteiger partial charge in [0.05, 0.1) is 58.3 Å². The second kappa shape index (κ2) is 11.3. The lowest BCUT2D eigenvalue weighted by Crippen LogP contribution is -2.42. The van der Waals surface area contributed by atoms with Gasteiger partial charge in [0.1, 0.15) is 12.2 Å². The zero-order chi connectivity index (χ0) is 28.4. The first-order valence-corrected chi connectivity index (χ1v) is 14.5. The summed E-state index contributed by atoms with van der Waals surface area (Å²) >= 11 is 0. The number of aromatic nitrogens is 3. The summed E-state index contributed by atoms with van der Waals surface area (Å²) in [5.41, 5.74) is 1.39. The molecule has 0 radical (unpaired) electrons. The average Bonchev–Trinajstić information content (AvgIpc) is 3.30. The van der Waals surface area contributed by atoms with E-state index in [9.17, 15) is 22.7 Å². The van der Waals surface area contributed by atoms with E-state index >= 15 is 0 Å². The van der Waals surface area contributed by atoms with E-state index in [4.69, 9.17) is 5.26 Å². The van der Waals surface area contributed by atoms with Crippen LogP contribution in [-0.2, 0) is 10.0 Å². The molecule has 13 heteroatoms. The number of halogens is 1. The maximum atomic E-state index is 14.3. The number of carbonyl (C=O) groups excluding carboxylic acids is 1. The first-order chi connectivity index (χ1) is 18.3. The Hall–Kier alpha value is -3.60. The first-order valence-electron chi connectivity index (χ1n) is 12.6. The Morgan fingerprint density at radius 3 is 2.56 bits per heavy atom. The predicted octanol–water partition coefficient (Wildman–Crippen LogP) is 2.38. The van der Waals surface area contributed by atoms with Gasteiger partial charge in [0.15, 0.2) is 0 Å². The van der Waals surface area contributed by atoms with Gasteiger partial charge in [-0.1, -0.05) is 0 Å². The maximum Gasteiger partial charge on any atom is 0.255 e. The number of nitrogens with zero attached hydrogens (tertiary/aromatic N) is 4. The van der Waals surface area contributed by atoms with E-state index in [1.165, 1.54) is 26.2 Å². The lowest BCUT2D eigenvalue weighted by atomic mass is 9.91. The van der Waals surface area contributed by atoms with Gasteiger partial charge >= 0.3 is 0 Å². The Morgan fingerprint density at radius 2 is 1.92 bits per heavy atom. The molecule has 1 saturated carbocycles. The van der Waals surface area contributed by atoms with E-state index in [1.54, 1.807) is 16.6 Å². The number of sulfonamides is 1. The van der Waals surface area contributed by atoms with Crippen molar-refractivity contribution in [2.45, 2.75) is 63.4 Å². The predicted molar refractivity (Wildman–Crippen MR) is 144 cm³/mol. The fourth-order valence-electron chi connectivity index (χ4n) is 4.56. The van der Waals surface area contributed by atoms with Crippen molar-refractivity contribution < 1.29 is 22.7 Å². The third-order valence-electron chi connectivity index (χ3n) is 6.72. The van der Waals surface area contributed by atoms with E-state index in [1.807, 2.05) is 12.1 Å². The van der Waals surface area contributed by atoms with Crippen LogP contribution >= 0.6 is 0 Å². The van der Waals surface area contributed by atoms with Gasteiger partial charge in [0, 0.05) is 18.3 Å².